The number of aromatic nitrogens is 3. The van der Waals surface area contributed by atoms with Gasteiger partial charge in [-0.1, -0.05) is 212 Å². The van der Waals surface area contributed by atoms with Crippen molar-refractivity contribution in [3.05, 3.63) is 237 Å². The maximum Gasteiger partial charge on any atom is 0.171 e. The molecule has 0 saturated heterocycles. The molecule has 0 radical (unpaired) electrons. The fourth-order valence-electron chi connectivity index (χ4n) is 8.76. The summed E-state index contributed by atoms with van der Waals surface area (Å²) in [4.78, 5) is 10.5. The normalized spacial score (nSPS) is 11.9. The van der Waals surface area contributed by atoms with E-state index in [0.29, 0.717) is 0 Å². The zero-order valence-corrected chi connectivity index (χ0v) is 35.9. The van der Waals surface area contributed by atoms with E-state index in [1.165, 1.54) is 0 Å². The van der Waals surface area contributed by atoms with Crippen molar-refractivity contribution in [2.24, 2.45) is 0 Å². The first-order valence-electron chi connectivity index (χ1n) is 20.9. The fourth-order valence-corrected chi connectivity index (χ4v) is 14.1. The molecule has 7 heteroatoms. The molecule has 0 fully saturated rings. The van der Waals surface area contributed by atoms with Crippen LogP contribution in [0.4, 0.5) is 0 Å². The Hall–Kier alpha value is -7.42. The maximum atomic E-state index is 15.0. The lowest BCUT2D eigenvalue weighted by Crippen LogP contribution is -2.24. The lowest BCUT2D eigenvalue weighted by molar-refractivity contribution is 0.591. The highest BCUT2D eigenvalue weighted by Gasteiger charge is 2.31. The Morgan fingerprint density at radius 2 is 0.683 bits per heavy atom. The molecule has 0 N–H and O–H groups in total. The molecule has 300 valence electrons. The minimum absolute atomic E-state index is 0.789. The summed E-state index contributed by atoms with van der Waals surface area (Å²) in [6.45, 7) is 0. The zero-order valence-electron chi connectivity index (χ0n) is 34.1. The molecule has 0 atom stereocenters. The van der Waals surface area contributed by atoms with E-state index >= 15 is 4.57 Å². The molecule has 11 rings (SSSR count). The van der Waals surface area contributed by atoms with Gasteiger partial charge in [0, 0.05) is 42.8 Å². The number of hydrogen-bond donors (Lipinski definition) is 0. The number of para-hydroxylation sites is 2. The number of hydrogen-bond acceptors (Lipinski definition) is 4. The minimum atomic E-state index is -3.10. The van der Waals surface area contributed by atoms with Crippen LogP contribution in [0.15, 0.2) is 237 Å². The summed E-state index contributed by atoms with van der Waals surface area (Å²) in [5.74, 6) is 0.800. The highest BCUT2D eigenvalue weighted by molar-refractivity contribution is 7.85. The van der Waals surface area contributed by atoms with Crippen molar-refractivity contribution in [3.63, 3.8) is 0 Å². The summed E-state index contributed by atoms with van der Waals surface area (Å²) in [7, 11) is -6.17. The van der Waals surface area contributed by atoms with Gasteiger partial charge in [-0.05, 0) is 46.5 Å². The highest BCUT2D eigenvalue weighted by atomic mass is 31.2. The van der Waals surface area contributed by atoms with Crippen LogP contribution in [-0.2, 0) is 9.13 Å². The smallest absolute Gasteiger partial charge is 0.171 e. The van der Waals surface area contributed by atoms with E-state index < -0.39 is 14.3 Å². The Morgan fingerprint density at radius 1 is 0.317 bits per heavy atom. The summed E-state index contributed by atoms with van der Waals surface area (Å²) in [5, 5.41) is 5.78. The third-order valence-electron chi connectivity index (χ3n) is 12.0. The second kappa shape index (κ2) is 15.8. The summed E-state index contributed by atoms with van der Waals surface area (Å²) in [5.41, 5.74) is 8.61. The van der Waals surface area contributed by atoms with Crippen molar-refractivity contribution in [2.75, 3.05) is 0 Å². The van der Waals surface area contributed by atoms with Crippen molar-refractivity contribution in [1.82, 2.24) is 14.4 Å². The molecule has 9 aromatic carbocycles. The lowest BCUT2D eigenvalue weighted by atomic mass is 10.0. The molecule has 0 spiro atoms. The zero-order chi connectivity index (χ0) is 42.4. The molecule has 0 saturated carbocycles. The summed E-state index contributed by atoms with van der Waals surface area (Å²) in [6.07, 6.45) is 0. The van der Waals surface area contributed by atoms with Gasteiger partial charge in [0.1, 0.15) is 11.5 Å². The molecule has 63 heavy (non-hydrogen) atoms. The van der Waals surface area contributed by atoms with Crippen LogP contribution in [0.5, 0.6) is 0 Å². The molecule has 2 heterocycles. The van der Waals surface area contributed by atoms with Gasteiger partial charge in [0.25, 0.3) is 0 Å². The van der Waals surface area contributed by atoms with Crippen LogP contribution in [-0.4, -0.2) is 14.4 Å². The van der Waals surface area contributed by atoms with Gasteiger partial charge < -0.3 is 9.13 Å². The Bertz CT molecular complexity index is 3440. The predicted molar refractivity (Wildman–Crippen MR) is 263 cm³/mol. The van der Waals surface area contributed by atoms with Crippen molar-refractivity contribution in [3.8, 4) is 33.6 Å². The molecule has 0 aliphatic carbocycles. The fraction of sp³-hybridized carbons (Fsp3) is 0. The van der Waals surface area contributed by atoms with Gasteiger partial charge in [-0.2, -0.15) is 0 Å². The Morgan fingerprint density at radius 3 is 1.16 bits per heavy atom. The number of rotatable bonds is 9. The van der Waals surface area contributed by atoms with Crippen LogP contribution in [0.1, 0.15) is 0 Å². The average molecular weight is 848 g/mol. The first-order chi connectivity index (χ1) is 31.0. The topological polar surface area (TPSA) is 64.3 Å². The lowest BCUT2D eigenvalue weighted by Gasteiger charge is -2.20. The van der Waals surface area contributed by atoms with E-state index in [2.05, 4.69) is 77.2 Å². The molecular weight excluding hydrogens is 809 g/mol. The van der Waals surface area contributed by atoms with Crippen LogP contribution in [0.3, 0.4) is 0 Å². The molecule has 0 amide bonds. The summed E-state index contributed by atoms with van der Waals surface area (Å²) in [6, 6.07) is 78.3. The van der Waals surface area contributed by atoms with Crippen molar-refractivity contribution < 1.29 is 9.13 Å². The van der Waals surface area contributed by atoms with Gasteiger partial charge in [-0.15, -0.1) is 0 Å². The second-order valence-electron chi connectivity index (χ2n) is 15.7. The van der Waals surface area contributed by atoms with Gasteiger partial charge in [-0.25, -0.2) is 9.97 Å². The number of imidazole rings is 1. The summed E-state index contributed by atoms with van der Waals surface area (Å²) < 4.78 is 32.1. The standard InChI is InChI=1S/C56H39N3O2P2/c60-62(45-15-5-1-6-16-45,46-17-7-2-8-18-46)49-34-29-41(30-35-49)40-25-27-43(28-26-40)55-57-52-38-33-44(39-51(52)56-58-53-23-13-14-24-54(53)59(55)56)42-31-36-50(37-32-42)63(61,47-19-9-3-10-20-47)48-21-11-4-12-22-48/h1-39H. The average Bonchev–Trinajstić information content (AvgIpc) is 3.77. The Kier molecular flexibility index (Phi) is 9.66. The van der Waals surface area contributed by atoms with E-state index in [0.717, 1.165) is 93.1 Å². The van der Waals surface area contributed by atoms with E-state index in [4.69, 9.17) is 9.97 Å². The largest absolute Gasteiger partial charge is 0.309 e. The summed E-state index contributed by atoms with van der Waals surface area (Å²) >= 11 is 0. The second-order valence-corrected chi connectivity index (χ2v) is 21.2. The maximum absolute atomic E-state index is 15.0. The van der Waals surface area contributed by atoms with Crippen LogP contribution in [0, 0.1) is 0 Å². The van der Waals surface area contributed by atoms with Crippen LogP contribution >= 0.6 is 14.3 Å². The molecule has 5 nitrogen and oxygen atoms in total. The molecule has 2 aromatic heterocycles. The SMILES string of the molecule is O=P(c1ccccc1)(c1ccccc1)c1ccc(-c2ccc(-c3nc4ccc(-c5ccc(P(=O)(c6ccccc6)c6ccccc6)cc5)cc4c4nc5ccccc5n34)cc2)cc1. The monoisotopic (exact) mass is 847 g/mol. The quantitative estimate of drug-likeness (QED) is 0.136. The predicted octanol–water partition coefficient (Wildman–Crippen LogP) is 11.3. The van der Waals surface area contributed by atoms with Crippen LogP contribution in [0.2, 0.25) is 0 Å². The van der Waals surface area contributed by atoms with Crippen molar-refractivity contribution in [2.45, 2.75) is 0 Å². The third-order valence-corrected chi connectivity index (χ3v) is 18.1. The van der Waals surface area contributed by atoms with E-state index in [1.807, 2.05) is 164 Å². The van der Waals surface area contributed by atoms with Gasteiger partial charge in [0.15, 0.2) is 14.3 Å². The number of fused-ring (bicyclic) bond motifs is 5. The molecule has 11 aromatic rings. The van der Waals surface area contributed by atoms with Crippen molar-refractivity contribution in [1.29, 1.82) is 0 Å². The van der Waals surface area contributed by atoms with Crippen molar-refractivity contribution >= 4 is 73.7 Å². The first kappa shape index (κ1) is 38.5. The minimum Gasteiger partial charge on any atom is -0.309 e. The van der Waals surface area contributed by atoms with Crippen LogP contribution in [0.25, 0.3) is 61.2 Å². The van der Waals surface area contributed by atoms with E-state index in [1.54, 1.807) is 0 Å². The number of benzene rings is 9. The highest BCUT2D eigenvalue weighted by Crippen LogP contribution is 2.44. The first-order valence-corrected chi connectivity index (χ1v) is 24.4. The molecule has 0 bridgehead atoms. The van der Waals surface area contributed by atoms with Gasteiger partial charge in [-0.3, -0.25) is 4.40 Å². The molecule has 0 aliphatic rings. The molecule has 0 unspecified atom stereocenters. The van der Waals surface area contributed by atoms with E-state index in [9.17, 15) is 4.57 Å². The van der Waals surface area contributed by atoms with E-state index in [-0.39, 0.29) is 0 Å². The van der Waals surface area contributed by atoms with Gasteiger partial charge >= 0.3 is 0 Å². The van der Waals surface area contributed by atoms with Gasteiger partial charge in [0.05, 0.1) is 16.6 Å². The Labute approximate surface area is 365 Å². The van der Waals surface area contributed by atoms with Crippen LogP contribution < -0.4 is 31.8 Å². The molecule has 0 aliphatic heterocycles. The molecular formula is C56H39N3O2P2. The number of nitrogens with zero attached hydrogens (tertiary/aromatic N) is 3. The van der Waals surface area contributed by atoms with Gasteiger partial charge in [0.2, 0.25) is 0 Å². The Balaban J connectivity index is 0.950. The third kappa shape index (κ3) is 6.65.